The number of fused-ring (bicyclic) bond motifs is 1. The maximum Gasteiger partial charge on any atom is 0.226 e. The van der Waals surface area contributed by atoms with Gasteiger partial charge in [-0.1, -0.05) is 0 Å². The summed E-state index contributed by atoms with van der Waals surface area (Å²) in [6.45, 7) is 4.55. The van der Waals surface area contributed by atoms with Gasteiger partial charge < -0.3 is 15.6 Å². The van der Waals surface area contributed by atoms with Gasteiger partial charge in [0.15, 0.2) is 21.3 Å². The van der Waals surface area contributed by atoms with Crippen LogP contribution in [0.5, 0.6) is 0 Å². The highest BCUT2D eigenvalue weighted by molar-refractivity contribution is 7.91. The van der Waals surface area contributed by atoms with E-state index >= 15 is 0 Å². The number of hydrogen-bond donors (Lipinski definition) is 3. The van der Waals surface area contributed by atoms with Gasteiger partial charge in [0.1, 0.15) is 5.52 Å². The molecule has 0 aromatic carbocycles. The summed E-state index contributed by atoms with van der Waals surface area (Å²) in [5, 5.41) is 6.31. The van der Waals surface area contributed by atoms with Gasteiger partial charge in [0.25, 0.3) is 0 Å². The highest BCUT2D eigenvalue weighted by Gasteiger charge is 2.39. The van der Waals surface area contributed by atoms with Gasteiger partial charge in [-0.25, -0.2) is 13.4 Å². The second kappa shape index (κ2) is 4.83. The maximum absolute atomic E-state index is 11.7. The van der Waals surface area contributed by atoms with Crippen LogP contribution in [0.1, 0.15) is 20.3 Å². The SMILES string of the molecule is CCNc1nc(NC2(C)CCS(=O)(=O)C2)c2[nH]cnc2n1. The standard InChI is InChI=1S/C12H18N6O2S/c1-3-13-11-16-9-8(14-7-15-9)10(17-11)18-12(2)4-5-21(19,20)6-12/h7H,3-6H2,1-2H3,(H3,13,14,15,16,17,18). The normalized spacial score (nSPS) is 24.3. The quantitative estimate of drug-likeness (QED) is 0.764. The molecule has 0 radical (unpaired) electrons. The molecule has 21 heavy (non-hydrogen) atoms. The number of anilines is 2. The van der Waals surface area contributed by atoms with Crippen LogP contribution in [0.2, 0.25) is 0 Å². The van der Waals surface area contributed by atoms with E-state index in [1.165, 1.54) is 0 Å². The molecule has 8 nitrogen and oxygen atoms in total. The lowest BCUT2D eigenvalue weighted by atomic mass is 10.0. The van der Waals surface area contributed by atoms with Crippen LogP contribution in [0.4, 0.5) is 11.8 Å². The number of H-pyrrole nitrogens is 1. The molecule has 3 N–H and O–H groups in total. The first kappa shape index (κ1) is 14.1. The van der Waals surface area contributed by atoms with Crippen LogP contribution in [0.3, 0.4) is 0 Å². The Labute approximate surface area is 122 Å². The summed E-state index contributed by atoms with van der Waals surface area (Å²) < 4.78 is 23.4. The number of nitrogens with one attached hydrogen (secondary N) is 3. The number of aromatic nitrogens is 4. The minimum Gasteiger partial charge on any atom is -0.362 e. The van der Waals surface area contributed by atoms with Gasteiger partial charge in [-0.15, -0.1) is 0 Å². The summed E-state index contributed by atoms with van der Waals surface area (Å²) in [5.74, 6) is 1.36. The van der Waals surface area contributed by atoms with Crippen molar-refractivity contribution in [3.63, 3.8) is 0 Å². The summed E-state index contributed by atoms with van der Waals surface area (Å²) in [4.78, 5) is 15.8. The molecule has 114 valence electrons. The molecular formula is C12H18N6O2S. The number of aromatic amines is 1. The Morgan fingerprint density at radius 1 is 1.43 bits per heavy atom. The van der Waals surface area contributed by atoms with Gasteiger partial charge in [-0.05, 0) is 20.3 Å². The van der Waals surface area contributed by atoms with Crippen LogP contribution in [0.15, 0.2) is 6.33 Å². The monoisotopic (exact) mass is 310 g/mol. The highest BCUT2D eigenvalue weighted by Crippen LogP contribution is 2.29. The van der Waals surface area contributed by atoms with E-state index < -0.39 is 15.4 Å². The van der Waals surface area contributed by atoms with E-state index in [2.05, 4.69) is 30.6 Å². The zero-order valence-electron chi connectivity index (χ0n) is 12.0. The molecule has 0 aliphatic carbocycles. The van der Waals surface area contributed by atoms with Crippen molar-refractivity contribution in [1.29, 1.82) is 0 Å². The minimum atomic E-state index is -2.98. The van der Waals surface area contributed by atoms with E-state index in [-0.39, 0.29) is 11.5 Å². The Hall–Kier alpha value is -1.90. The first-order valence-corrected chi connectivity index (χ1v) is 8.66. The van der Waals surface area contributed by atoms with Gasteiger partial charge >= 0.3 is 0 Å². The van der Waals surface area contributed by atoms with E-state index in [4.69, 9.17) is 0 Å². The van der Waals surface area contributed by atoms with Crippen molar-refractivity contribution in [1.82, 2.24) is 19.9 Å². The van der Waals surface area contributed by atoms with E-state index in [1.807, 2.05) is 13.8 Å². The summed E-state index contributed by atoms with van der Waals surface area (Å²) in [6, 6.07) is 0. The van der Waals surface area contributed by atoms with Crippen molar-refractivity contribution < 1.29 is 8.42 Å². The van der Waals surface area contributed by atoms with Gasteiger partial charge in [0.05, 0.1) is 23.4 Å². The third-order valence-corrected chi connectivity index (χ3v) is 5.45. The molecule has 1 aliphatic rings. The fourth-order valence-electron chi connectivity index (χ4n) is 2.56. The van der Waals surface area contributed by atoms with Crippen LogP contribution in [0.25, 0.3) is 11.2 Å². The minimum absolute atomic E-state index is 0.107. The molecular weight excluding hydrogens is 292 g/mol. The molecule has 0 amide bonds. The zero-order chi connectivity index (χ0) is 15.1. The molecule has 0 bridgehead atoms. The number of hydrogen-bond acceptors (Lipinski definition) is 7. The summed E-state index contributed by atoms with van der Waals surface area (Å²) in [5.41, 5.74) is 0.712. The van der Waals surface area contributed by atoms with Crippen molar-refractivity contribution in [2.45, 2.75) is 25.8 Å². The first-order valence-electron chi connectivity index (χ1n) is 6.84. The van der Waals surface area contributed by atoms with Gasteiger partial charge in [-0.3, -0.25) is 0 Å². The van der Waals surface area contributed by atoms with E-state index in [1.54, 1.807) is 6.33 Å². The van der Waals surface area contributed by atoms with Gasteiger partial charge in [0.2, 0.25) is 5.95 Å². The molecule has 0 spiro atoms. The molecule has 1 saturated heterocycles. The third kappa shape index (κ3) is 2.78. The van der Waals surface area contributed by atoms with Crippen molar-refractivity contribution in [2.75, 3.05) is 28.7 Å². The summed E-state index contributed by atoms with van der Waals surface area (Å²) in [6.07, 6.45) is 2.11. The third-order valence-electron chi connectivity index (χ3n) is 3.54. The average molecular weight is 310 g/mol. The van der Waals surface area contributed by atoms with Crippen LogP contribution in [-0.2, 0) is 9.84 Å². The van der Waals surface area contributed by atoms with Crippen molar-refractivity contribution in [3.05, 3.63) is 6.33 Å². The van der Waals surface area contributed by atoms with E-state index in [9.17, 15) is 8.42 Å². The summed E-state index contributed by atoms with van der Waals surface area (Å²) in [7, 11) is -2.98. The Bertz CT molecular complexity index is 771. The van der Waals surface area contributed by atoms with E-state index in [0.29, 0.717) is 35.9 Å². The molecule has 1 unspecified atom stereocenters. The lowest BCUT2D eigenvalue weighted by Crippen LogP contribution is -2.36. The Morgan fingerprint density at radius 2 is 2.24 bits per heavy atom. The van der Waals surface area contributed by atoms with Crippen LogP contribution in [0, 0.1) is 0 Å². The van der Waals surface area contributed by atoms with Gasteiger partial charge in [-0.2, -0.15) is 9.97 Å². The molecule has 2 aromatic rings. The molecule has 0 saturated carbocycles. The number of nitrogens with zero attached hydrogens (tertiary/aromatic N) is 3. The predicted molar refractivity (Wildman–Crippen MR) is 81.1 cm³/mol. The lowest BCUT2D eigenvalue weighted by Gasteiger charge is -2.24. The van der Waals surface area contributed by atoms with Crippen molar-refractivity contribution >= 4 is 32.8 Å². The first-order chi connectivity index (χ1) is 9.91. The Balaban J connectivity index is 1.98. The fraction of sp³-hybridized carbons (Fsp3) is 0.583. The molecule has 1 fully saturated rings. The molecule has 9 heteroatoms. The topological polar surface area (TPSA) is 113 Å². The highest BCUT2D eigenvalue weighted by atomic mass is 32.2. The Morgan fingerprint density at radius 3 is 2.90 bits per heavy atom. The Kier molecular flexibility index (Phi) is 3.23. The van der Waals surface area contributed by atoms with E-state index in [0.717, 1.165) is 0 Å². The van der Waals surface area contributed by atoms with Crippen LogP contribution >= 0.6 is 0 Å². The lowest BCUT2D eigenvalue weighted by molar-refractivity contribution is 0.572. The number of sulfone groups is 1. The van der Waals surface area contributed by atoms with Crippen molar-refractivity contribution in [3.8, 4) is 0 Å². The van der Waals surface area contributed by atoms with Crippen LogP contribution < -0.4 is 10.6 Å². The maximum atomic E-state index is 11.7. The molecule has 1 atom stereocenters. The molecule has 3 heterocycles. The van der Waals surface area contributed by atoms with Gasteiger partial charge in [0, 0.05) is 6.54 Å². The predicted octanol–water partition coefficient (Wildman–Crippen LogP) is 0.774. The average Bonchev–Trinajstić information content (AvgIpc) is 2.94. The second-order valence-electron chi connectivity index (χ2n) is 5.55. The zero-order valence-corrected chi connectivity index (χ0v) is 12.8. The smallest absolute Gasteiger partial charge is 0.226 e. The largest absolute Gasteiger partial charge is 0.362 e. The fourth-order valence-corrected chi connectivity index (χ4v) is 4.65. The molecule has 1 aliphatic heterocycles. The molecule has 3 rings (SSSR count). The second-order valence-corrected chi connectivity index (χ2v) is 7.74. The summed E-state index contributed by atoms with van der Waals surface area (Å²) >= 11 is 0. The number of rotatable bonds is 4. The number of imidazole rings is 1. The van der Waals surface area contributed by atoms with Crippen LogP contribution in [-0.4, -0.2) is 51.9 Å². The molecule has 2 aromatic heterocycles. The van der Waals surface area contributed by atoms with Crippen molar-refractivity contribution in [2.24, 2.45) is 0 Å².